The number of carbonyl (C=O) groups is 1. The molecule has 0 radical (unpaired) electrons. The molecule has 0 amide bonds. The van der Waals surface area contributed by atoms with Crippen LogP contribution in [-0.4, -0.2) is 18.4 Å². The van der Waals surface area contributed by atoms with Crippen molar-refractivity contribution in [2.45, 2.75) is 18.9 Å². The molecule has 1 saturated heterocycles. The minimum atomic E-state index is -0.461. The summed E-state index contributed by atoms with van der Waals surface area (Å²) >= 11 is 0. The molecule has 3 nitrogen and oxygen atoms in total. The summed E-state index contributed by atoms with van der Waals surface area (Å²) in [6.45, 7) is 0.547. The Morgan fingerprint density at radius 1 is 1.20 bits per heavy atom. The van der Waals surface area contributed by atoms with Crippen LogP contribution in [0, 0.1) is 17.2 Å². The molecule has 1 fully saturated rings. The van der Waals surface area contributed by atoms with Crippen LogP contribution in [0.4, 0.5) is 5.69 Å². The van der Waals surface area contributed by atoms with Gasteiger partial charge in [-0.05, 0) is 35.2 Å². The Kier molecular flexibility index (Phi) is 2.34. The Hall–Kier alpha value is -2.34. The molecule has 2 heterocycles. The monoisotopic (exact) mass is 262 g/mol. The molecule has 0 saturated carbocycles. The SMILES string of the molecule is N#CC1CN2c3ccc4ccccc4c3CCC2C1=O. The molecule has 4 rings (SSSR count). The average Bonchev–Trinajstić information content (AvgIpc) is 2.83. The summed E-state index contributed by atoms with van der Waals surface area (Å²) in [5.74, 6) is -0.358. The van der Waals surface area contributed by atoms with Crippen molar-refractivity contribution < 1.29 is 4.79 Å². The number of nitrogens with zero attached hydrogens (tertiary/aromatic N) is 2. The quantitative estimate of drug-likeness (QED) is 0.733. The maximum absolute atomic E-state index is 12.2. The zero-order valence-corrected chi connectivity index (χ0v) is 11.0. The van der Waals surface area contributed by atoms with Gasteiger partial charge in [0.25, 0.3) is 0 Å². The lowest BCUT2D eigenvalue weighted by atomic mass is 9.91. The molecule has 0 spiro atoms. The van der Waals surface area contributed by atoms with Crippen molar-refractivity contribution in [1.29, 1.82) is 5.26 Å². The van der Waals surface area contributed by atoms with Gasteiger partial charge in [-0.25, -0.2) is 0 Å². The van der Waals surface area contributed by atoms with Crippen LogP contribution in [0.5, 0.6) is 0 Å². The van der Waals surface area contributed by atoms with Crippen molar-refractivity contribution in [3.63, 3.8) is 0 Å². The Bertz CT molecular complexity index is 759. The van der Waals surface area contributed by atoms with Crippen LogP contribution >= 0.6 is 0 Å². The van der Waals surface area contributed by atoms with Crippen LogP contribution in [-0.2, 0) is 11.2 Å². The van der Waals surface area contributed by atoms with Gasteiger partial charge in [0, 0.05) is 12.2 Å². The molecule has 98 valence electrons. The van der Waals surface area contributed by atoms with E-state index < -0.39 is 5.92 Å². The zero-order chi connectivity index (χ0) is 13.7. The summed E-state index contributed by atoms with van der Waals surface area (Å²) < 4.78 is 0. The van der Waals surface area contributed by atoms with E-state index in [1.807, 2.05) is 6.07 Å². The number of hydrogen-bond donors (Lipinski definition) is 0. The normalized spacial score (nSPS) is 24.4. The van der Waals surface area contributed by atoms with Gasteiger partial charge in [-0.15, -0.1) is 0 Å². The van der Waals surface area contributed by atoms with Crippen LogP contribution < -0.4 is 4.90 Å². The minimum absolute atomic E-state index is 0.0895. The maximum atomic E-state index is 12.2. The fraction of sp³-hybridized carbons (Fsp3) is 0.294. The van der Waals surface area contributed by atoms with Gasteiger partial charge in [0.1, 0.15) is 5.92 Å². The van der Waals surface area contributed by atoms with E-state index in [-0.39, 0.29) is 11.8 Å². The summed E-state index contributed by atoms with van der Waals surface area (Å²) in [5.41, 5.74) is 2.47. The highest BCUT2D eigenvalue weighted by atomic mass is 16.1. The van der Waals surface area contributed by atoms with E-state index in [1.54, 1.807) is 0 Å². The van der Waals surface area contributed by atoms with Gasteiger partial charge >= 0.3 is 0 Å². The Morgan fingerprint density at radius 3 is 2.90 bits per heavy atom. The molecule has 3 heteroatoms. The van der Waals surface area contributed by atoms with Gasteiger partial charge in [-0.1, -0.05) is 30.3 Å². The van der Waals surface area contributed by atoms with E-state index in [0.29, 0.717) is 6.54 Å². The van der Waals surface area contributed by atoms with Gasteiger partial charge < -0.3 is 4.90 Å². The van der Waals surface area contributed by atoms with E-state index in [4.69, 9.17) is 5.26 Å². The summed E-state index contributed by atoms with van der Waals surface area (Å²) in [4.78, 5) is 14.3. The molecule has 0 N–H and O–H groups in total. The number of hydrogen-bond acceptors (Lipinski definition) is 3. The van der Waals surface area contributed by atoms with Gasteiger partial charge in [-0.2, -0.15) is 5.26 Å². The second-order valence-corrected chi connectivity index (χ2v) is 5.58. The predicted molar refractivity (Wildman–Crippen MR) is 77.5 cm³/mol. The highest BCUT2D eigenvalue weighted by Crippen LogP contribution is 2.39. The van der Waals surface area contributed by atoms with E-state index in [9.17, 15) is 4.79 Å². The average molecular weight is 262 g/mol. The topological polar surface area (TPSA) is 44.1 Å². The van der Waals surface area contributed by atoms with E-state index in [2.05, 4.69) is 41.3 Å². The number of rotatable bonds is 0. The van der Waals surface area contributed by atoms with Crippen molar-refractivity contribution in [2.75, 3.05) is 11.4 Å². The molecule has 0 aliphatic carbocycles. The molecule has 0 bridgehead atoms. The van der Waals surface area contributed by atoms with Crippen LogP contribution in [0.15, 0.2) is 36.4 Å². The van der Waals surface area contributed by atoms with Crippen LogP contribution in [0.1, 0.15) is 12.0 Å². The predicted octanol–water partition coefficient (Wildman–Crippen LogP) is 2.68. The van der Waals surface area contributed by atoms with E-state index in [1.165, 1.54) is 16.3 Å². The van der Waals surface area contributed by atoms with Crippen molar-refractivity contribution in [2.24, 2.45) is 5.92 Å². The van der Waals surface area contributed by atoms with Gasteiger partial charge in [0.15, 0.2) is 5.78 Å². The van der Waals surface area contributed by atoms with Gasteiger partial charge in [0.05, 0.1) is 12.1 Å². The molecule has 20 heavy (non-hydrogen) atoms. The molecule has 0 aromatic heterocycles. The third-order valence-corrected chi connectivity index (χ3v) is 4.58. The Balaban J connectivity index is 1.89. The molecule has 2 aromatic rings. The number of nitriles is 1. The third-order valence-electron chi connectivity index (χ3n) is 4.58. The summed E-state index contributed by atoms with van der Waals surface area (Å²) in [5, 5.41) is 11.6. The largest absolute Gasteiger partial charge is 0.359 e. The molecular formula is C17H14N2O. The molecule has 2 aliphatic rings. The molecule has 2 unspecified atom stereocenters. The van der Waals surface area contributed by atoms with Gasteiger partial charge in [-0.3, -0.25) is 4.79 Å². The number of ketones is 1. The van der Waals surface area contributed by atoms with Crippen LogP contribution in [0.2, 0.25) is 0 Å². The molecule has 2 atom stereocenters. The third kappa shape index (κ3) is 1.42. The summed E-state index contributed by atoms with van der Waals surface area (Å²) in [6, 6.07) is 14.6. The minimum Gasteiger partial charge on any atom is -0.359 e. The maximum Gasteiger partial charge on any atom is 0.174 e. The van der Waals surface area contributed by atoms with Crippen molar-refractivity contribution in [3.05, 3.63) is 42.0 Å². The fourth-order valence-electron chi connectivity index (χ4n) is 3.61. The molecular weight excluding hydrogens is 248 g/mol. The van der Waals surface area contributed by atoms with Crippen LogP contribution in [0.3, 0.4) is 0 Å². The summed E-state index contributed by atoms with van der Waals surface area (Å²) in [7, 11) is 0. The smallest absolute Gasteiger partial charge is 0.174 e. The van der Waals surface area contributed by atoms with Gasteiger partial charge in [0.2, 0.25) is 0 Å². The standard InChI is InChI=1S/C17H14N2O/c18-9-12-10-19-15-7-5-11-3-1-2-4-13(11)14(15)6-8-16(19)17(12)20/h1-5,7,12,16H,6,8,10H2. The first-order chi connectivity index (χ1) is 9.79. The van der Waals surface area contributed by atoms with Crippen molar-refractivity contribution >= 4 is 22.2 Å². The lowest BCUT2D eigenvalue weighted by Gasteiger charge is -2.33. The molecule has 2 aliphatic heterocycles. The first-order valence-corrected chi connectivity index (χ1v) is 7.00. The number of fused-ring (bicyclic) bond motifs is 5. The Morgan fingerprint density at radius 2 is 2.05 bits per heavy atom. The highest BCUT2D eigenvalue weighted by molar-refractivity contribution is 5.98. The Labute approximate surface area is 117 Å². The number of aryl methyl sites for hydroxylation is 1. The van der Waals surface area contributed by atoms with Crippen LogP contribution in [0.25, 0.3) is 10.8 Å². The highest BCUT2D eigenvalue weighted by Gasteiger charge is 2.43. The number of anilines is 1. The zero-order valence-electron chi connectivity index (χ0n) is 11.0. The van der Waals surface area contributed by atoms with E-state index >= 15 is 0 Å². The number of benzene rings is 2. The second kappa shape index (κ2) is 4.08. The second-order valence-electron chi connectivity index (χ2n) is 5.58. The summed E-state index contributed by atoms with van der Waals surface area (Å²) in [6.07, 6.45) is 1.75. The van der Waals surface area contributed by atoms with Crippen molar-refractivity contribution in [3.8, 4) is 6.07 Å². The van der Waals surface area contributed by atoms with Crippen molar-refractivity contribution in [1.82, 2.24) is 0 Å². The molecule has 2 aromatic carbocycles. The van der Waals surface area contributed by atoms with E-state index in [0.717, 1.165) is 18.5 Å². The number of Topliss-reactive ketones (excluding diaryl/α,β-unsaturated/α-hetero) is 1. The first-order valence-electron chi connectivity index (χ1n) is 7.00. The lowest BCUT2D eigenvalue weighted by Crippen LogP contribution is -2.37. The number of carbonyl (C=O) groups excluding carboxylic acids is 1. The fourth-order valence-corrected chi connectivity index (χ4v) is 3.61. The lowest BCUT2D eigenvalue weighted by molar-refractivity contribution is -0.120. The first kappa shape index (κ1) is 11.5.